The van der Waals surface area contributed by atoms with Gasteiger partial charge in [0.2, 0.25) is 11.8 Å². The van der Waals surface area contributed by atoms with Crippen molar-refractivity contribution < 1.29 is 9.59 Å². The minimum Gasteiger partial charge on any atom is -0.323 e. The predicted octanol–water partition coefficient (Wildman–Crippen LogP) is 4.60. The molecule has 0 saturated carbocycles. The molecule has 2 aromatic carbocycles. The van der Waals surface area contributed by atoms with E-state index in [1.807, 2.05) is 32.0 Å². The van der Waals surface area contributed by atoms with Crippen molar-refractivity contribution in [3.05, 3.63) is 57.6 Å². The van der Waals surface area contributed by atoms with Crippen LogP contribution in [0.2, 0.25) is 10.0 Å². The summed E-state index contributed by atoms with van der Waals surface area (Å²) in [6.07, 6.45) is 0.168. The minimum atomic E-state index is -0.444. The third-order valence-electron chi connectivity index (χ3n) is 4.35. The zero-order chi connectivity index (χ0) is 18.1. The van der Waals surface area contributed by atoms with E-state index in [0.29, 0.717) is 22.3 Å². The third-order valence-corrected chi connectivity index (χ3v) is 4.98. The number of para-hydroxylation sites is 1. The largest absolute Gasteiger partial charge is 0.323 e. The van der Waals surface area contributed by atoms with Crippen LogP contribution in [0.4, 0.5) is 11.4 Å². The van der Waals surface area contributed by atoms with Crippen molar-refractivity contribution in [2.75, 3.05) is 16.8 Å². The highest BCUT2D eigenvalue weighted by molar-refractivity contribution is 6.39. The third kappa shape index (κ3) is 3.65. The molecule has 1 N–H and O–H groups in total. The van der Waals surface area contributed by atoms with Crippen LogP contribution in [0.15, 0.2) is 36.4 Å². The maximum Gasteiger partial charge on any atom is 0.229 e. The van der Waals surface area contributed by atoms with Crippen LogP contribution in [0.25, 0.3) is 0 Å². The molecule has 0 bridgehead atoms. The summed E-state index contributed by atoms with van der Waals surface area (Å²) in [5.41, 5.74) is 3.38. The number of nitrogens with one attached hydrogen (secondary N) is 1. The van der Waals surface area contributed by atoms with Crippen molar-refractivity contribution in [1.29, 1.82) is 0 Å². The summed E-state index contributed by atoms with van der Waals surface area (Å²) in [4.78, 5) is 26.7. The van der Waals surface area contributed by atoms with Crippen molar-refractivity contribution in [2.45, 2.75) is 20.3 Å². The van der Waals surface area contributed by atoms with Gasteiger partial charge in [-0.05, 0) is 37.6 Å². The number of nitrogens with zero attached hydrogens (tertiary/aromatic N) is 1. The quantitative estimate of drug-likeness (QED) is 0.850. The summed E-state index contributed by atoms with van der Waals surface area (Å²) in [6.45, 7) is 4.31. The van der Waals surface area contributed by atoms with Gasteiger partial charge in [-0.1, -0.05) is 47.0 Å². The van der Waals surface area contributed by atoms with Gasteiger partial charge in [0.15, 0.2) is 0 Å². The van der Waals surface area contributed by atoms with Gasteiger partial charge in [-0.3, -0.25) is 9.59 Å². The number of benzene rings is 2. The van der Waals surface area contributed by atoms with Crippen molar-refractivity contribution in [3.8, 4) is 0 Å². The van der Waals surface area contributed by atoms with Gasteiger partial charge in [-0.2, -0.15) is 0 Å². The number of rotatable bonds is 3. The standard InChI is InChI=1S/C19H18Cl2N2O2/c1-11-6-7-16(12(2)8-11)23-10-13(9-17(23)24)19(25)22-18-14(20)4-3-5-15(18)21/h3-8,13H,9-10H2,1-2H3,(H,22,25). The molecule has 4 nitrogen and oxygen atoms in total. The molecule has 1 fully saturated rings. The predicted molar refractivity (Wildman–Crippen MR) is 101 cm³/mol. The molecule has 25 heavy (non-hydrogen) atoms. The monoisotopic (exact) mass is 376 g/mol. The summed E-state index contributed by atoms with van der Waals surface area (Å²) >= 11 is 12.2. The number of aryl methyl sites for hydroxylation is 2. The molecule has 1 saturated heterocycles. The first-order valence-corrected chi connectivity index (χ1v) is 8.75. The fourth-order valence-corrected chi connectivity index (χ4v) is 3.56. The molecule has 1 unspecified atom stereocenters. The van der Waals surface area contributed by atoms with Gasteiger partial charge in [0.05, 0.1) is 21.7 Å². The van der Waals surface area contributed by atoms with Crippen LogP contribution < -0.4 is 10.2 Å². The van der Waals surface area contributed by atoms with Crippen molar-refractivity contribution in [1.82, 2.24) is 0 Å². The van der Waals surface area contributed by atoms with E-state index in [1.165, 1.54) is 0 Å². The van der Waals surface area contributed by atoms with Gasteiger partial charge in [0, 0.05) is 18.7 Å². The number of carbonyl (C=O) groups is 2. The molecule has 130 valence electrons. The molecule has 1 aliphatic heterocycles. The van der Waals surface area contributed by atoms with Gasteiger partial charge in [-0.25, -0.2) is 0 Å². The van der Waals surface area contributed by atoms with E-state index in [4.69, 9.17) is 23.2 Å². The highest BCUT2D eigenvalue weighted by Gasteiger charge is 2.36. The minimum absolute atomic E-state index is 0.0580. The molecule has 2 aromatic rings. The van der Waals surface area contributed by atoms with Crippen molar-refractivity contribution in [3.63, 3.8) is 0 Å². The molecular formula is C19H18Cl2N2O2. The highest BCUT2D eigenvalue weighted by Crippen LogP contribution is 2.32. The molecule has 0 aliphatic carbocycles. The Balaban J connectivity index is 1.77. The van der Waals surface area contributed by atoms with Crippen LogP contribution >= 0.6 is 23.2 Å². The van der Waals surface area contributed by atoms with Gasteiger partial charge in [0.25, 0.3) is 0 Å². The zero-order valence-corrected chi connectivity index (χ0v) is 15.5. The lowest BCUT2D eigenvalue weighted by atomic mass is 10.1. The number of hydrogen-bond acceptors (Lipinski definition) is 2. The average Bonchev–Trinajstić information content (AvgIpc) is 2.93. The first-order valence-electron chi connectivity index (χ1n) is 7.99. The average molecular weight is 377 g/mol. The molecule has 0 aromatic heterocycles. The second-order valence-corrected chi connectivity index (χ2v) is 7.10. The van der Waals surface area contributed by atoms with Gasteiger partial charge in [0.1, 0.15) is 0 Å². The Morgan fingerprint density at radius 1 is 1.16 bits per heavy atom. The van der Waals surface area contributed by atoms with E-state index >= 15 is 0 Å². The summed E-state index contributed by atoms with van der Waals surface area (Å²) in [5.74, 6) is -0.756. The zero-order valence-electron chi connectivity index (χ0n) is 14.0. The maximum absolute atomic E-state index is 12.6. The molecule has 0 radical (unpaired) electrons. The number of halogens is 2. The van der Waals surface area contributed by atoms with E-state index in [9.17, 15) is 9.59 Å². The van der Waals surface area contributed by atoms with E-state index in [1.54, 1.807) is 23.1 Å². The Labute approximate surface area is 156 Å². The Bertz CT molecular complexity index is 831. The smallest absolute Gasteiger partial charge is 0.229 e. The van der Waals surface area contributed by atoms with Crippen LogP contribution in [0.1, 0.15) is 17.5 Å². The van der Waals surface area contributed by atoms with E-state index in [-0.39, 0.29) is 18.2 Å². The topological polar surface area (TPSA) is 49.4 Å². The van der Waals surface area contributed by atoms with Gasteiger partial charge >= 0.3 is 0 Å². The SMILES string of the molecule is Cc1ccc(N2CC(C(=O)Nc3c(Cl)cccc3Cl)CC2=O)c(C)c1. The number of amides is 2. The van der Waals surface area contributed by atoms with Crippen molar-refractivity contribution in [2.24, 2.45) is 5.92 Å². The summed E-state index contributed by atoms with van der Waals surface area (Å²) in [5, 5.41) is 3.50. The summed E-state index contributed by atoms with van der Waals surface area (Å²) in [7, 11) is 0. The van der Waals surface area contributed by atoms with Crippen LogP contribution in [0.3, 0.4) is 0 Å². The number of carbonyl (C=O) groups excluding carboxylic acids is 2. The summed E-state index contributed by atoms with van der Waals surface area (Å²) < 4.78 is 0. The van der Waals surface area contributed by atoms with Crippen LogP contribution in [0.5, 0.6) is 0 Å². The molecule has 1 atom stereocenters. The molecular weight excluding hydrogens is 359 g/mol. The van der Waals surface area contributed by atoms with Crippen LogP contribution in [-0.2, 0) is 9.59 Å². The molecule has 2 amide bonds. The van der Waals surface area contributed by atoms with Crippen LogP contribution in [-0.4, -0.2) is 18.4 Å². The second kappa shape index (κ2) is 7.06. The Hall–Kier alpha value is -2.04. The molecule has 3 rings (SSSR count). The van der Waals surface area contributed by atoms with Gasteiger partial charge in [-0.15, -0.1) is 0 Å². The highest BCUT2D eigenvalue weighted by atomic mass is 35.5. The lowest BCUT2D eigenvalue weighted by molar-refractivity contribution is -0.122. The van der Waals surface area contributed by atoms with Crippen LogP contribution in [0, 0.1) is 19.8 Å². The normalized spacial score (nSPS) is 17.0. The summed E-state index contributed by atoms with van der Waals surface area (Å²) in [6, 6.07) is 10.9. The fourth-order valence-electron chi connectivity index (χ4n) is 3.07. The Kier molecular flexibility index (Phi) is 5.02. The number of hydrogen-bond donors (Lipinski definition) is 1. The fraction of sp³-hybridized carbons (Fsp3) is 0.263. The Morgan fingerprint density at radius 2 is 1.84 bits per heavy atom. The lowest BCUT2D eigenvalue weighted by Crippen LogP contribution is -2.28. The van der Waals surface area contributed by atoms with E-state index in [0.717, 1.165) is 16.8 Å². The van der Waals surface area contributed by atoms with Crippen molar-refractivity contribution >= 4 is 46.4 Å². The molecule has 1 aliphatic rings. The maximum atomic E-state index is 12.6. The second-order valence-electron chi connectivity index (χ2n) is 6.28. The van der Waals surface area contributed by atoms with Gasteiger partial charge < -0.3 is 10.2 Å². The number of anilines is 2. The van der Waals surface area contributed by atoms with E-state index in [2.05, 4.69) is 5.32 Å². The van der Waals surface area contributed by atoms with E-state index < -0.39 is 5.92 Å². The molecule has 0 spiro atoms. The Morgan fingerprint density at radius 3 is 2.48 bits per heavy atom. The molecule has 6 heteroatoms. The molecule has 1 heterocycles. The lowest BCUT2D eigenvalue weighted by Gasteiger charge is -2.19. The first kappa shape index (κ1) is 17.8. The first-order chi connectivity index (χ1) is 11.9.